The van der Waals surface area contributed by atoms with Crippen LogP contribution in [0.5, 0.6) is 0 Å². The highest BCUT2D eigenvalue weighted by Crippen LogP contribution is 2.05. The van der Waals surface area contributed by atoms with E-state index in [9.17, 15) is 0 Å². The van der Waals surface area contributed by atoms with Gasteiger partial charge in [0.2, 0.25) is 0 Å². The van der Waals surface area contributed by atoms with Crippen molar-refractivity contribution in [1.29, 1.82) is 0 Å². The summed E-state index contributed by atoms with van der Waals surface area (Å²) in [7, 11) is 0. The highest BCUT2D eigenvalue weighted by Gasteiger charge is 2.02. The van der Waals surface area contributed by atoms with Gasteiger partial charge in [0.05, 0.1) is 4.47 Å². The summed E-state index contributed by atoms with van der Waals surface area (Å²) in [6, 6.07) is 0.172. The summed E-state index contributed by atoms with van der Waals surface area (Å²) in [5, 5.41) is 0. The Labute approximate surface area is 80.5 Å². The van der Waals surface area contributed by atoms with E-state index in [4.69, 9.17) is 5.73 Å². The van der Waals surface area contributed by atoms with Gasteiger partial charge in [0, 0.05) is 24.9 Å². The van der Waals surface area contributed by atoms with Crippen molar-refractivity contribution in [1.82, 2.24) is 9.97 Å². The monoisotopic (exact) mass is 229 g/mol. The Bertz CT molecular complexity index is 235. The first kappa shape index (κ1) is 9.61. The summed E-state index contributed by atoms with van der Waals surface area (Å²) in [6.45, 7) is 2.06. The molecule has 0 fully saturated rings. The van der Waals surface area contributed by atoms with Crippen molar-refractivity contribution >= 4 is 15.9 Å². The van der Waals surface area contributed by atoms with Gasteiger partial charge in [0.15, 0.2) is 0 Å². The molecule has 1 unspecified atom stereocenters. The zero-order valence-corrected chi connectivity index (χ0v) is 8.58. The van der Waals surface area contributed by atoms with Crippen LogP contribution in [0, 0.1) is 0 Å². The van der Waals surface area contributed by atoms with Crippen molar-refractivity contribution < 1.29 is 0 Å². The van der Waals surface area contributed by atoms with Gasteiger partial charge in [-0.3, -0.25) is 0 Å². The molecule has 0 aliphatic carbocycles. The first-order valence-electron chi connectivity index (χ1n) is 3.94. The minimum Gasteiger partial charge on any atom is -0.327 e. The zero-order valence-electron chi connectivity index (χ0n) is 7.00. The van der Waals surface area contributed by atoms with Crippen LogP contribution in [0.4, 0.5) is 0 Å². The van der Waals surface area contributed by atoms with Crippen LogP contribution in [-0.2, 0) is 6.42 Å². The van der Waals surface area contributed by atoms with Gasteiger partial charge in [-0.2, -0.15) is 0 Å². The molecule has 1 aromatic rings. The van der Waals surface area contributed by atoms with Crippen molar-refractivity contribution in [2.75, 3.05) is 0 Å². The Morgan fingerprint density at radius 3 is 2.58 bits per heavy atom. The average Bonchev–Trinajstić information content (AvgIpc) is 2.09. The summed E-state index contributed by atoms with van der Waals surface area (Å²) in [4.78, 5) is 8.26. The molecule has 2 N–H and O–H groups in total. The first-order valence-corrected chi connectivity index (χ1v) is 4.73. The molecule has 1 heterocycles. The molecule has 66 valence electrons. The quantitative estimate of drug-likeness (QED) is 0.856. The van der Waals surface area contributed by atoms with E-state index < -0.39 is 0 Å². The largest absolute Gasteiger partial charge is 0.327 e. The number of nitrogens with zero attached hydrogens (tertiary/aromatic N) is 2. The van der Waals surface area contributed by atoms with E-state index in [1.54, 1.807) is 12.4 Å². The lowest BCUT2D eigenvalue weighted by Gasteiger charge is -2.05. The van der Waals surface area contributed by atoms with Crippen molar-refractivity contribution in [2.45, 2.75) is 25.8 Å². The topological polar surface area (TPSA) is 51.8 Å². The molecule has 0 radical (unpaired) electrons. The molecule has 1 rings (SSSR count). The van der Waals surface area contributed by atoms with Gasteiger partial charge in [-0.25, -0.2) is 9.97 Å². The second-order valence-electron chi connectivity index (χ2n) is 2.69. The molecule has 0 saturated carbocycles. The first-order chi connectivity index (χ1) is 5.72. The molecule has 12 heavy (non-hydrogen) atoms. The molecule has 0 aliphatic rings. The Morgan fingerprint density at radius 2 is 2.08 bits per heavy atom. The van der Waals surface area contributed by atoms with Crippen molar-refractivity contribution in [3.8, 4) is 0 Å². The van der Waals surface area contributed by atoms with E-state index in [2.05, 4.69) is 32.8 Å². The standard InChI is InChI=1S/C8H12BrN3/c1-2-7(10)3-8-11-4-6(9)5-12-8/h4-5,7H,2-3,10H2,1H3. The van der Waals surface area contributed by atoms with E-state index in [1.807, 2.05) is 0 Å². The van der Waals surface area contributed by atoms with Crippen LogP contribution in [-0.4, -0.2) is 16.0 Å². The van der Waals surface area contributed by atoms with Crippen LogP contribution in [0.3, 0.4) is 0 Å². The van der Waals surface area contributed by atoms with E-state index >= 15 is 0 Å². The van der Waals surface area contributed by atoms with Gasteiger partial charge in [-0.05, 0) is 22.4 Å². The lowest BCUT2D eigenvalue weighted by molar-refractivity contribution is 0.624. The molecule has 1 atom stereocenters. The van der Waals surface area contributed by atoms with Gasteiger partial charge >= 0.3 is 0 Å². The molecule has 1 aromatic heterocycles. The Morgan fingerprint density at radius 1 is 1.50 bits per heavy atom. The van der Waals surface area contributed by atoms with Gasteiger partial charge in [0.25, 0.3) is 0 Å². The van der Waals surface area contributed by atoms with Gasteiger partial charge < -0.3 is 5.73 Å². The normalized spacial score (nSPS) is 12.9. The van der Waals surface area contributed by atoms with Crippen molar-refractivity contribution in [2.24, 2.45) is 5.73 Å². The van der Waals surface area contributed by atoms with Crippen LogP contribution in [0.2, 0.25) is 0 Å². The van der Waals surface area contributed by atoms with Crippen LogP contribution in [0.25, 0.3) is 0 Å². The number of nitrogens with two attached hydrogens (primary N) is 1. The lowest BCUT2D eigenvalue weighted by Crippen LogP contribution is -2.22. The fourth-order valence-corrected chi connectivity index (χ4v) is 1.03. The second-order valence-corrected chi connectivity index (χ2v) is 3.61. The fraction of sp³-hybridized carbons (Fsp3) is 0.500. The molecule has 0 bridgehead atoms. The predicted molar refractivity (Wildman–Crippen MR) is 51.7 cm³/mol. The summed E-state index contributed by atoms with van der Waals surface area (Å²) >= 11 is 3.27. The van der Waals surface area contributed by atoms with Crippen LogP contribution in [0.1, 0.15) is 19.2 Å². The Hall–Kier alpha value is -0.480. The average molecular weight is 230 g/mol. The number of aromatic nitrogens is 2. The molecule has 0 amide bonds. The number of rotatable bonds is 3. The minimum atomic E-state index is 0.172. The lowest BCUT2D eigenvalue weighted by atomic mass is 10.1. The number of hydrogen-bond donors (Lipinski definition) is 1. The van der Waals surface area contributed by atoms with Gasteiger partial charge in [0.1, 0.15) is 5.82 Å². The maximum atomic E-state index is 5.75. The van der Waals surface area contributed by atoms with Crippen LogP contribution >= 0.6 is 15.9 Å². The number of hydrogen-bond acceptors (Lipinski definition) is 3. The summed E-state index contributed by atoms with van der Waals surface area (Å²) in [5.41, 5.74) is 5.75. The van der Waals surface area contributed by atoms with Crippen LogP contribution in [0.15, 0.2) is 16.9 Å². The molecule has 0 aromatic carbocycles. The molecule has 0 aliphatic heterocycles. The molecule has 0 spiro atoms. The highest BCUT2D eigenvalue weighted by molar-refractivity contribution is 9.10. The zero-order chi connectivity index (χ0) is 8.97. The molecule has 3 nitrogen and oxygen atoms in total. The SMILES string of the molecule is CCC(N)Cc1ncc(Br)cn1. The summed E-state index contributed by atoms with van der Waals surface area (Å²) in [5.74, 6) is 0.813. The molecular weight excluding hydrogens is 218 g/mol. The summed E-state index contributed by atoms with van der Waals surface area (Å²) < 4.78 is 0.899. The van der Waals surface area contributed by atoms with E-state index in [0.29, 0.717) is 0 Å². The van der Waals surface area contributed by atoms with Crippen LogP contribution < -0.4 is 5.73 Å². The van der Waals surface area contributed by atoms with E-state index in [-0.39, 0.29) is 6.04 Å². The maximum absolute atomic E-state index is 5.75. The minimum absolute atomic E-state index is 0.172. The van der Waals surface area contributed by atoms with Crippen molar-refractivity contribution in [3.05, 3.63) is 22.7 Å². The Balaban J connectivity index is 2.58. The third-order valence-electron chi connectivity index (χ3n) is 1.64. The maximum Gasteiger partial charge on any atom is 0.129 e. The van der Waals surface area contributed by atoms with Gasteiger partial charge in [-0.1, -0.05) is 6.92 Å². The fourth-order valence-electron chi connectivity index (χ4n) is 0.823. The number of halogens is 1. The smallest absolute Gasteiger partial charge is 0.129 e. The second kappa shape index (κ2) is 4.52. The molecule has 0 saturated heterocycles. The van der Waals surface area contributed by atoms with Gasteiger partial charge in [-0.15, -0.1) is 0 Å². The summed E-state index contributed by atoms with van der Waals surface area (Å²) in [6.07, 6.45) is 5.19. The Kier molecular flexibility index (Phi) is 3.62. The third-order valence-corrected chi connectivity index (χ3v) is 2.05. The predicted octanol–water partition coefficient (Wildman–Crippen LogP) is 1.52. The van der Waals surface area contributed by atoms with E-state index in [0.717, 1.165) is 23.1 Å². The van der Waals surface area contributed by atoms with E-state index in [1.165, 1.54) is 0 Å². The van der Waals surface area contributed by atoms with Crippen molar-refractivity contribution in [3.63, 3.8) is 0 Å². The molecule has 4 heteroatoms. The third kappa shape index (κ3) is 2.87. The highest BCUT2D eigenvalue weighted by atomic mass is 79.9. The molecular formula is C8H12BrN3.